The Kier molecular flexibility index (Phi) is 5.04. The van der Waals surface area contributed by atoms with Crippen LogP contribution in [-0.2, 0) is 14.2 Å². The summed E-state index contributed by atoms with van der Waals surface area (Å²) in [5.74, 6) is -4.66. The molecule has 0 saturated carbocycles. The monoisotopic (exact) mass is 208 g/mol. The van der Waals surface area contributed by atoms with E-state index in [0.717, 1.165) is 0 Å². The van der Waals surface area contributed by atoms with Gasteiger partial charge in [-0.2, -0.15) is 0 Å². The van der Waals surface area contributed by atoms with Crippen LogP contribution in [0.2, 0.25) is 0 Å². The van der Waals surface area contributed by atoms with E-state index in [2.05, 4.69) is 0 Å². The Bertz CT molecular complexity index is 308. The molecule has 0 aliphatic heterocycles. The van der Waals surface area contributed by atoms with Gasteiger partial charge in [-0.15, -0.1) is 0 Å². The molecule has 2 N–H and O–H groups in total. The molecule has 0 rings (SSSR count). The molecule has 13 heavy (non-hydrogen) atoms. The summed E-state index contributed by atoms with van der Waals surface area (Å²) in [5, 5.41) is 16.5. The molecule has 2 atom stereocenters. The molecule has 0 aromatic carbocycles. The predicted octanol–water partition coefficient (Wildman–Crippen LogP) is 0.751. The predicted molar refractivity (Wildman–Crippen MR) is 39.8 cm³/mol. The van der Waals surface area contributed by atoms with Gasteiger partial charge in [0.05, 0.1) is 0 Å². The SMILES string of the molecule is O=P#C[C@H](C[C@H](F)C(=O)O)C(=O)O. The molecule has 0 spiro atoms. The zero-order valence-corrected chi connectivity index (χ0v) is 7.20. The van der Waals surface area contributed by atoms with Crippen molar-refractivity contribution in [3.8, 4) is 5.63 Å². The Morgan fingerprint density at radius 3 is 2.23 bits per heavy atom. The Hall–Kier alpha value is -1.12. The summed E-state index contributed by atoms with van der Waals surface area (Å²) >= 11 is 0. The van der Waals surface area contributed by atoms with Crippen LogP contribution in [0.25, 0.3) is 0 Å². The van der Waals surface area contributed by atoms with Crippen molar-refractivity contribution < 1.29 is 28.8 Å². The van der Waals surface area contributed by atoms with Crippen LogP contribution >= 0.6 is 7.92 Å². The van der Waals surface area contributed by atoms with Crippen LogP contribution in [0.5, 0.6) is 0 Å². The molecule has 0 heterocycles. The molecule has 0 aromatic heterocycles. The van der Waals surface area contributed by atoms with E-state index in [0.29, 0.717) is 0 Å². The first kappa shape index (κ1) is 11.9. The Morgan fingerprint density at radius 2 is 1.92 bits per heavy atom. The zero-order valence-electron chi connectivity index (χ0n) is 6.31. The molecule has 0 saturated heterocycles. The number of alkyl halides is 1. The van der Waals surface area contributed by atoms with Crippen molar-refractivity contribution in [1.82, 2.24) is 0 Å². The van der Waals surface area contributed by atoms with Gasteiger partial charge < -0.3 is 0 Å². The second kappa shape index (κ2) is 5.51. The van der Waals surface area contributed by atoms with Gasteiger partial charge in [0.2, 0.25) is 0 Å². The molecule has 0 unspecified atom stereocenters. The van der Waals surface area contributed by atoms with Crippen molar-refractivity contribution in [2.24, 2.45) is 5.92 Å². The fraction of sp³-hybridized carbons (Fsp3) is 0.500. The summed E-state index contributed by atoms with van der Waals surface area (Å²) in [6.07, 6.45) is -3.05. The summed E-state index contributed by atoms with van der Waals surface area (Å²) in [6.45, 7) is 0. The molecule has 0 fully saturated rings. The quantitative estimate of drug-likeness (QED) is 0.665. The number of hydrogen-bond acceptors (Lipinski definition) is 3. The average molecular weight is 208 g/mol. The summed E-state index contributed by atoms with van der Waals surface area (Å²) in [4.78, 5) is 20.3. The average Bonchev–Trinajstić information content (AvgIpc) is 2.03. The number of rotatable bonds is 4. The first-order chi connectivity index (χ1) is 5.99. The number of carboxylic acid groups (broad SMARTS) is 2. The third kappa shape index (κ3) is 4.45. The maximum absolute atomic E-state index is 12.5. The summed E-state index contributed by atoms with van der Waals surface area (Å²) in [5.41, 5.74) is 1.88. The van der Waals surface area contributed by atoms with Gasteiger partial charge in [-0.1, -0.05) is 0 Å². The van der Waals surface area contributed by atoms with E-state index in [9.17, 15) is 18.5 Å². The Morgan fingerprint density at radius 1 is 1.38 bits per heavy atom. The van der Waals surface area contributed by atoms with Gasteiger partial charge >= 0.3 is 72.7 Å². The van der Waals surface area contributed by atoms with E-state index in [4.69, 9.17) is 10.2 Å². The van der Waals surface area contributed by atoms with Gasteiger partial charge in [-0.25, -0.2) is 0 Å². The van der Waals surface area contributed by atoms with Crippen molar-refractivity contribution in [2.75, 3.05) is 0 Å². The number of carboxylic acids is 2. The van der Waals surface area contributed by atoms with Crippen LogP contribution in [0, 0.1) is 11.5 Å². The number of aliphatic carboxylic acids is 2. The molecule has 0 aromatic rings. The van der Waals surface area contributed by atoms with E-state index in [1.54, 1.807) is 0 Å². The van der Waals surface area contributed by atoms with Crippen LogP contribution in [0.4, 0.5) is 4.39 Å². The van der Waals surface area contributed by atoms with Crippen molar-refractivity contribution in [1.29, 1.82) is 0 Å². The zero-order chi connectivity index (χ0) is 10.4. The molecular formula is C6H6FO5P. The van der Waals surface area contributed by atoms with Crippen LogP contribution < -0.4 is 0 Å². The molecule has 0 aliphatic carbocycles. The third-order valence-corrected chi connectivity index (χ3v) is 1.63. The van der Waals surface area contributed by atoms with Crippen LogP contribution in [-0.4, -0.2) is 28.3 Å². The Balaban J connectivity index is 4.41. The molecule has 7 heteroatoms. The molecule has 0 amide bonds. The fourth-order valence-corrected chi connectivity index (χ4v) is 0.923. The van der Waals surface area contributed by atoms with Crippen molar-refractivity contribution in [3.63, 3.8) is 0 Å². The van der Waals surface area contributed by atoms with Crippen molar-refractivity contribution in [2.45, 2.75) is 12.6 Å². The van der Waals surface area contributed by atoms with Crippen LogP contribution in [0.15, 0.2) is 0 Å². The summed E-state index contributed by atoms with van der Waals surface area (Å²) in [6, 6.07) is 0. The molecular weight excluding hydrogens is 202 g/mol. The molecule has 72 valence electrons. The molecule has 5 nitrogen and oxygen atoms in total. The third-order valence-electron chi connectivity index (χ3n) is 1.22. The fourth-order valence-electron chi connectivity index (χ4n) is 0.580. The van der Waals surface area contributed by atoms with Crippen molar-refractivity contribution >= 4 is 19.9 Å². The molecule has 0 radical (unpaired) electrons. The summed E-state index contributed by atoms with van der Waals surface area (Å²) in [7, 11) is -0.683. The molecule has 0 bridgehead atoms. The van der Waals surface area contributed by atoms with Gasteiger partial charge in [0.25, 0.3) is 0 Å². The topological polar surface area (TPSA) is 91.7 Å². The van der Waals surface area contributed by atoms with Gasteiger partial charge in [0.1, 0.15) is 0 Å². The normalized spacial score (nSPS) is 13.9. The van der Waals surface area contributed by atoms with Crippen molar-refractivity contribution in [3.05, 3.63) is 0 Å². The van der Waals surface area contributed by atoms with Crippen LogP contribution in [0.3, 0.4) is 0 Å². The molecule has 0 aliphatic rings. The standard InChI is InChI=1S/C6H6FO5P/c7-4(6(10)11)1-3(2-13-12)5(8)9/h3-4H,1H2,(H,8,9)(H,10,11)/t3-,4-/m0/s1. The van der Waals surface area contributed by atoms with E-state index >= 15 is 0 Å². The van der Waals surface area contributed by atoms with E-state index in [1.165, 1.54) is 0 Å². The minimum atomic E-state index is -2.28. The number of hydrogen-bond donors (Lipinski definition) is 2. The summed E-state index contributed by atoms with van der Waals surface area (Å²) < 4.78 is 22.4. The van der Waals surface area contributed by atoms with Crippen LogP contribution in [0.1, 0.15) is 6.42 Å². The first-order valence-corrected chi connectivity index (χ1v) is 3.97. The van der Waals surface area contributed by atoms with E-state index < -0.39 is 38.4 Å². The second-order valence-corrected chi connectivity index (χ2v) is 2.59. The first-order valence-electron chi connectivity index (χ1n) is 3.16. The minimum absolute atomic E-state index is 0.683. The Labute approximate surface area is 73.7 Å². The second-order valence-electron chi connectivity index (χ2n) is 2.15. The van der Waals surface area contributed by atoms with E-state index in [1.807, 2.05) is 5.63 Å². The maximum atomic E-state index is 12.5. The van der Waals surface area contributed by atoms with E-state index in [-0.39, 0.29) is 0 Å². The van der Waals surface area contributed by atoms with Gasteiger partial charge in [0.15, 0.2) is 0 Å². The number of carbonyl (C=O) groups is 2. The van der Waals surface area contributed by atoms with Gasteiger partial charge in [-0.05, 0) is 0 Å². The van der Waals surface area contributed by atoms with Gasteiger partial charge in [-0.3, -0.25) is 0 Å². The number of halogens is 1. The van der Waals surface area contributed by atoms with Gasteiger partial charge in [0, 0.05) is 0 Å².